The number of aliphatic hydroxyl groups is 1. The van der Waals surface area contributed by atoms with E-state index >= 15 is 0 Å². The number of benzene rings is 4. The molecule has 0 aromatic heterocycles. The molecule has 0 atom stereocenters. The van der Waals surface area contributed by atoms with Crippen molar-refractivity contribution in [1.29, 1.82) is 0 Å². The lowest BCUT2D eigenvalue weighted by Gasteiger charge is -2.30. The molecule has 2 saturated carbocycles. The number of phenols is 1. The van der Waals surface area contributed by atoms with Gasteiger partial charge in [-0.15, -0.1) is 0 Å². The molecule has 0 bridgehead atoms. The van der Waals surface area contributed by atoms with Crippen molar-refractivity contribution in [2.24, 2.45) is 11.8 Å². The number of phenolic OH excluding ortho intramolecular Hbond substituents is 1. The third-order valence-corrected chi connectivity index (χ3v) is 11.4. The predicted octanol–water partition coefficient (Wildman–Crippen LogP) is 8.40. The van der Waals surface area contributed by atoms with Crippen molar-refractivity contribution in [2.75, 3.05) is 39.4 Å². The molecule has 0 amide bonds. The molecule has 8 rings (SSSR count). The number of likely N-dealkylation sites (tertiary alicyclic amines) is 2. The lowest BCUT2D eigenvalue weighted by atomic mass is 9.96. The van der Waals surface area contributed by atoms with Crippen LogP contribution in [0.25, 0.3) is 21.5 Å². The SMILES string of the molecule is CCOC(=O)C1CCN(Cc2ccc3cc(O)ccc3c2)CC1.CCOC(=O)C1CCN(Cc2ccc3cc(OC4CCC4)ccc3c2)CC1.OC1CCC1. The lowest BCUT2D eigenvalue weighted by molar-refractivity contribution is -0.150. The number of esters is 2. The van der Waals surface area contributed by atoms with Crippen LogP contribution in [0.4, 0.5) is 0 Å². The maximum Gasteiger partial charge on any atom is 0.309 e. The number of carbonyl (C=O) groups is 2. The summed E-state index contributed by atoms with van der Waals surface area (Å²) in [5, 5.41) is 22.7. The molecule has 4 aromatic rings. The van der Waals surface area contributed by atoms with Gasteiger partial charge in [-0.1, -0.05) is 36.4 Å². The highest BCUT2D eigenvalue weighted by Gasteiger charge is 2.27. The number of aliphatic hydroxyl groups excluding tert-OH is 1. The fourth-order valence-corrected chi connectivity index (χ4v) is 7.58. The van der Waals surface area contributed by atoms with Crippen LogP contribution in [0.2, 0.25) is 0 Å². The van der Waals surface area contributed by atoms with E-state index in [0.717, 1.165) is 94.3 Å². The van der Waals surface area contributed by atoms with Crippen LogP contribution in [0.5, 0.6) is 11.5 Å². The molecule has 55 heavy (non-hydrogen) atoms. The van der Waals surface area contributed by atoms with Crippen molar-refractivity contribution in [3.05, 3.63) is 83.9 Å². The number of nitrogens with zero attached hydrogens (tertiary/aromatic N) is 2. The van der Waals surface area contributed by atoms with Crippen molar-refractivity contribution in [2.45, 2.75) is 103 Å². The third-order valence-electron chi connectivity index (χ3n) is 11.4. The van der Waals surface area contributed by atoms with E-state index in [1.165, 1.54) is 47.6 Å². The van der Waals surface area contributed by atoms with E-state index in [4.69, 9.17) is 19.3 Å². The van der Waals surface area contributed by atoms with Gasteiger partial charge in [-0.2, -0.15) is 0 Å². The fraction of sp³-hybridized carbons (Fsp3) is 0.522. The van der Waals surface area contributed by atoms with Crippen molar-refractivity contribution in [1.82, 2.24) is 9.80 Å². The molecule has 4 aliphatic rings. The van der Waals surface area contributed by atoms with Gasteiger partial charge in [0.15, 0.2) is 0 Å². The molecule has 9 heteroatoms. The van der Waals surface area contributed by atoms with Crippen LogP contribution in [0.15, 0.2) is 72.8 Å². The zero-order valence-corrected chi connectivity index (χ0v) is 32.8. The molecule has 0 radical (unpaired) electrons. The maximum absolute atomic E-state index is 11.9. The number of aromatic hydroxyl groups is 1. The van der Waals surface area contributed by atoms with Gasteiger partial charge in [0.1, 0.15) is 11.5 Å². The van der Waals surface area contributed by atoms with Gasteiger partial charge in [-0.3, -0.25) is 19.4 Å². The smallest absolute Gasteiger partial charge is 0.309 e. The molecule has 2 N–H and O–H groups in total. The largest absolute Gasteiger partial charge is 0.508 e. The highest BCUT2D eigenvalue weighted by Crippen LogP contribution is 2.29. The molecule has 2 aliphatic heterocycles. The second-order valence-electron chi connectivity index (χ2n) is 15.6. The summed E-state index contributed by atoms with van der Waals surface area (Å²) in [7, 11) is 0. The van der Waals surface area contributed by atoms with Gasteiger partial charge in [0.25, 0.3) is 0 Å². The number of rotatable bonds is 10. The van der Waals surface area contributed by atoms with Crippen LogP contribution in [0, 0.1) is 11.8 Å². The summed E-state index contributed by atoms with van der Waals surface area (Å²) in [5.41, 5.74) is 2.59. The van der Waals surface area contributed by atoms with Gasteiger partial charge in [-0.05, 0) is 173 Å². The first-order valence-electron chi connectivity index (χ1n) is 20.6. The third kappa shape index (κ3) is 11.9. The molecule has 2 heterocycles. The van der Waals surface area contributed by atoms with E-state index < -0.39 is 0 Å². The minimum atomic E-state index is -0.0438. The van der Waals surface area contributed by atoms with Crippen molar-refractivity contribution in [3.63, 3.8) is 0 Å². The van der Waals surface area contributed by atoms with Crippen molar-refractivity contribution >= 4 is 33.5 Å². The van der Waals surface area contributed by atoms with Gasteiger partial charge in [0.05, 0.1) is 37.3 Å². The van der Waals surface area contributed by atoms with Crippen molar-refractivity contribution < 1.29 is 34.0 Å². The number of hydrogen-bond acceptors (Lipinski definition) is 9. The molecule has 4 aromatic carbocycles. The molecule has 9 nitrogen and oxygen atoms in total. The van der Waals surface area contributed by atoms with Gasteiger partial charge >= 0.3 is 11.9 Å². The summed E-state index contributed by atoms with van der Waals surface area (Å²) in [6, 6.07) is 24.9. The van der Waals surface area contributed by atoms with Crippen LogP contribution >= 0.6 is 0 Å². The highest BCUT2D eigenvalue weighted by molar-refractivity contribution is 5.85. The Balaban J connectivity index is 0.000000167. The van der Waals surface area contributed by atoms with E-state index in [1.54, 1.807) is 12.1 Å². The Kier molecular flexibility index (Phi) is 14.8. The summed E-state index contributed by atoms with van der Waals surface area (Å²) in [4.78, 5) is 28.5. The summed E-state index contributed by atoms with van der Waals surface area (Å²) in [5.74, 6) is 1.35. The summed E-state index contributed by atoms with van der Waals surface area (Å²) in [6.45, 7) is 10.3. The summed E-state index contributed by atoms with van der Waals surface area (Å²) < 4.78 is 16.3. The van der Waals surface area contributed by atoms with Gasteiger partial charge < -0.3 is 24.4 Å². The van der Waals surface area contributed by atoms with Crippen LogP contribution in [0.1, 0.15) is 89.2 Å². The first-order chi connectivity index (χ1) is 26.8. The van der Waals surface area contributed by atoms with E-state index in [0.29, 0.717) is 25.1 Å². The summed E-state index contributed by atoms with van der Waals surface area (Å²) in [6.07, 6.45) is 11.0. The molecule has 0 unspecified atom stereocenters. The molecular formula is C46H60N2O7. The van der Waals surface area contributed by atoms with Gasteiger partial charge in [0.2, 0.25) is 0 Å². The number of carbonyl (C=O) groups excluding carboxylic acids is 2. The Hall–Kier alpha value is -4.18. The van der Waals surface area contributed by atoms with E-state index in [1.807, 2.05) is 19.9 Å². The van der Waals surface area contributed by atoms with E-state index in [-0.39, 0.29) is 29.9 Å². The molecule has 4 fully saturated rings. The topological polar surface area (TPSA) is 109 Å². The lowest BCUT2D eigenvalue weighted by Crippen LogP contribution is -2.36. The Bertz CT molecular complexity index is 1840. The second kappa shape index (κ2) is 20.1. The quantitative estimate of drug-likeness (QED) is 0.155. The minimum Gasteiger partial charge on any atom is -0.508 e. The molecule has 2 saturated heterocycles. The molecule has 2 aliphatic carbocycles. The number of piperidine rings is 2. The van der Waals surface area contributed by atoms with E-state index in [2.05, 4.69) is 64.4 Å². The first kappa shape index (κ1) is 40.5. The molecular weight excluding hydrogens is 693 g/mol. The van der Waals surface area contributed by atoms with Gasteiger partial charge in [0, 0.05) is 13.1 Å². The second-order valence-corrected chi connectivity index (χ2v) is 15.6. The first-order valence-corrected chi connectivity index (χ1v) is 20.6. The molecule has 0 spiro atoms. The maximum atomic E-state index is 11.9. The van der Waals surface area contributed by atoms with Gasteiger partial charge in [-0.25, -0.2) is 0 Å². The highest BCUT2D eigenvalue weighted by atomic mass is 16.5. The Morgan fingerprint density at radius 2 is 1.04 bits per heavy atom. The Labute approximate surface area is 326 Å². The Morgan fingerprint density at radius 3 is 1.47 bits per heavy atom. The van der Waals surface area contributed by atoms with Crippen LogP contribution in [-0.2, 0) is 32.2 Å². The standard InChI is InChI=1S/C23H29NO3.C19H23NO3.C4H8O/c1-2-26-23(25)18-10-12-24(13-11-18)16-17-6-7-20-15-22(9-8-19(20)14-17)27-21-4-3-5-21;1-2-23-19(22)15-7-9-20(10-8-15)13-14-3-4-17-12-18(21)6-5-16(17)11-14;5-4-2-1-3-4/h6-9,14-15,18,21H,2-5,10-13,16H2,1H3;3-6,11-12,15,21H,2,7-10,13H2,1H3;4-5H,1-3H2. The zero-order valence-electron chi connectivity index (χ0n) is 32.8. The monoisotopic (exact) mass is 752 g/mol. The Morgan fingerprint density at radius 1 is 0.600 bits per heavy atom. The average molecular weight is 753 g/mol. The fourth-order valence-electron chi connectivity index (χ4n) is 7.58. The van der Waals surface area contributed by atoms with Crippen LogP contribution in [-0.4, -0.2) is 83.6 Å². The zero-order chi connectivity index (χ0) is 38.6. The number of ether oxygens (including phenoxy) is 3. The van der Waals surface area contributed by atoms with Crippen LogP contribution < -0.4 is 4.74 Å². The number of hydrogen-bond donors (Lipinski definition) is 2. The summed E-state index contributed by atoms with van der Waals surface area (Å²) >= 11 is 0. The average Bonchev–Trinajstić information content (AvgIpc) is 3.17. The number of fused-ring (bicyclic) bond motifs is 2. The normalized spacial score (nSPS) is 18.6. The minimum absolute atomic E-state index is 0.0252. The van der Waals surface area contributed by atoms with E-state index in [9.17, 15) is 14.7 Å². The van der Waals surface area contributed by atoms with Crippen LogP contribution in [0.3, 0.4) is 0 Å². The van der Waals surface area contributed by atoms with Crippen molar-refractivity contribution in [3.8, 4) is 11.5 Å². The predicted molar refractivity (Wildman–Crippen MR) is 217 cm³/mol. The molecule has 296 valence electrons.